The Bertz CT molecular complexity index is 837. The number of para-hydroxylation sites is 2. The van der Waals surface area contributed by atoms with Gasteiger partial charge in [0.1, 0.15) is 5.82 Å². The third-order valence-corrected chi connectivity index (χ3v) is 2.98. The molecule has 0 aliphatic heterocycles. The molecule has 0 spiro atoms. The number of rotatable bonds is 3. The van der Waals surface area contributed by atoms with Gasteiger partial charge < -0.3 is 15.2 Å². The maximum Gasteiger partial charge on any atom is 0.355 e. The molecule has 0 aliphatic carbocycles. The molecule has 0 saturated heterocycles. The highest BCUT2D eigenvalue weighted by atomic mass is 16.4. The van der Waals surface area contributed by atoms with Crippen LogP contribution in [0.3, 0.4) is 0 Å². The number of nitrogens with one attached hydrogen (secondary N) is 1. The van der Waals surface area contributed by atoms with Crippen molar-refractivity contribution in [2.75, 3.05) is 0 Å². The molecule has 0 bridgehead atoms. The van der Waals surface area contributed by atoms with Gasteiger partial charge in [0.25, 0.3) is 0 Å². The summed E-state index contributed by atoms with van der Waals surface area (Å²) in [6.07, 6.45) is 1.01. The second kappa shape index (κ2) is 4.71. The molecule has 104 valence electrons. The van der Waals surface area contributed by atoms with Gasteiger partial charge in [-0.3, -0.25) is 0 Å². The minimum absolute atomic E-state index is 0.101. The molecule has 0 aliphatic rings. The lowest BCUT2D eigenvalue weighted by atomic mass is 10.1. The number of nitrogens with zero attached hydrogens (tertiary/aromatic N) is 2. The van der Waals surface area contributed by atoms with Crippen LogP contribution in [0.25, 0.3) is 22.4 Å². The molecule has 7 nitrogen and oxygen atoms in total. The number of aromatic amines is 1. The highest BCUT2D eigenvalue weighted by Crippen LogP contribution is 2.24. The van der Waals surface area contributed by atoms with Crippen molar-refractivity contribution in [1.29, 1.82) is 0 Å². The van der Waals surface area contributed by atoms with Crippen LogP contribution in [0.15, 0.2) is 36.5 Å². The molecule has 3 rings (SSSR count). The van der Waals surface area contributed by atoms with Crippen LogP contribution in [-0.4, -0.2) is 37.1 Å². The first-order valence-electron chi connectivity index (χ1n) is 5.98. The van der Waals surface area contributed by atoms with Crippen LogP contribution in [0, 0.1) is 0 Å². The second-order valence-electron chi connectivity index (χ2n) is 4.33. The summed E-state index contributed by atoms with van der Waals surface area (Å²) < 4.78 is 0. The maximum absolute atomic E-state index is 11.2. The summed E-state index contributed by atoms with van der Waals surface area (Å²) in [4.78, 5) is 33.2. The van der Waals surface area contributed by atoms with Gasteiger partial charge in [-0.2, -0.15) is 0 Å². The van der Waals surface area contributed by atoms with Crippen molar-refractivity contribution in [2.24, 2.45) is 0 Å². The van der Waals surface area contributed by atoms with Gasteiger partial charge in [0.05, 0.1) is 22.2 Å². The van der Waals surface area contributed by atoms with Crippen LogP contribution < -0.4 is 0 Å². The molecule has 3 N–H and O–H groups in total. The lowest BCUT2D eigenvalue weighted by Crippen LogP contribution is -2.07. The minimum Gasteiger partial charge on any atom is -0.478 e. The zero-order chi connectivity index (χ0) is 15.0. The van der Waals surface area contributed by atoms with E-state index in [9.17, 15) is 14.7 Å². The van der Waals surface area contributed by atoms with Crippen molar-refractivity contribution in [2.45, 2.75) is 0 Å². The Balaban J connectivity index is 2.25. The Labute approximate surface area is 117 Å². The first kappa shape index (κ1) is 12.8. The average molecular weight is 283 g/mol. The van der Waals surface area contributed by atoms with Gasteiger partial charge in [-0.15, -0.1) is 0 Å². The number of aromatic carboxylic acids is 2. The van der Waals surface area contributed by atoms with Crippen LogP contribution in [-0.2, 0) is 0 Å². The van der Waals surface area contributed by atoms with Crippen LogP contribution in [0.1, 0.15) is 20.8 Å². The third-order valence-electron chi connectivity index (χ3n) is 2.98. The summed E-state index contributed by atoms with van der Waals surface area (Å²) in [5, 5.41) is 18.2. The van der Waals surface area contributed by atoms with Gasteiger partial charge in [0.2, 0.25) is 0 Å². The fourth-order valence-electron chi connectivity index (χ4n) is 2.01. The van der Waals surface area contributed by atoms with E-state index in [2.05, 4.69) is 15.0 Å². The topological polar surface area (TPSA) is 116 Å². The van der Waals surface area contributed by atoms with E-state index in [0.717, 1.165) is 11.7 Å². The lowest BCUT2D eigenvalue weighted by molar-refractivity contribution is 0.0676. The van der Waals surface area contributed by atoms with Gasteiger partial charge in [-0.05, 0) is 18.2 Å². The summed E-state index contributed by atoms with van der Waals surface area (Å²) in [6.45, 7) is 0. The first-order chi connectivity index (χ1) is 10.1. The van der Waals surface area contributed by atoms with Crippen LogP contribution in [0.2, 0.25) is 0 Å². The molecule has 7 heteroatoms. The molecule has 0 saturated carbocycles. The Morgan fingerprint density at radius 1 is 1.10 bits per heavy atom. The van der Waals surface area contributed by atoms with E-state index in [-0.39, 0.29) is 22.6 Å². The Hall–Kier alpha value is -3.22. The van der Waals surface area contributed by atoms with E-state index >= 15 is 0 Å². The normalized spacial score (nSPS) is 10.7. The fourth-order valence-corrected chi connectivity index (χ4v) is 2.01. The van der Waals surface area contributed by atoms with Crippen LogP contribution in [0.5, 0.6) is 0 Å². The number of carboxylic acid groups (broad SMARTS) is 2. The number of carboxylic acids is 2. The van der Waals surface area contributed by atoms with Crippen LogP contribution in [0.4, 0.5) is 0 Å². The van der Waals surface area contributed by atoms with E-state index in [1.807, 2.05) is 6.07 Å². The van der Waals surface area contributed by atoms with Gasteiger partial charge in [0.15, 0.2) is 5.69 Å². The summed E-state index contributed by atoms with van der Waals surface area (Å²) in [5.74, 6) is -2.16. The molecule has 0 unspecified atom stereocenters. The molecule has 1 aromatic carbocycles. The number of hydrogen-bond donors (Lipinski definition) is 3. The molecule has 2 heterocycles. The number of pyridine rings is 1. The fraction of sp³-hybridized carbons (Fsp3) is 0. The van der Waals surface area contributed by atoms with Crippen molar-refractivity contribution in [1.82, 2.24) is 15.0 Å². The molecular formula is C14H9N3O4. The largest absolute Gasteiger partial charge is 0.478 e. The molecule has 0 radical (unpaired) electrons. The lowest BCUT2D eigenvalue weighted by Gasteiger charge is -2.03. The summed E-state index contributed by atoms with van der Waals surface area (Å²) >= 11 is 0. The Kier molecular flexibility index (Phi) is 2.87. The van der Waals surface area contributed by atoms with E-state index in [0.29, 0.717) is 5.52 Å². The standard InChI is InChI=1S/C14H9N3O4/c18-13(19)7-5-8(11(14(20)21)15-6-7)12-16-9-3-1-2-4-10(9)17-12/h1-6H,(H,16,17)(H,18,19)(H,20,21). The maximum atomic E-state index is 11.2. The molecule has 0 atom stereocenters. The van der Waals surface area contributed by atoms with Crippen molar-refractivity contribution in [3.63, 3.8) is 0 Å². The second-order valence-corrected chi connectivity index (χ2v) is 4.33. The molecule has 3 aromatic rings. The number of H-pyrrole nitrogens is 1. The van der Waals surface area contributed by atoms with E-state index in [1.165, 1.54) is 6.07 Å². The highest BCUT2D eigenvalue weighted by Gasteiger charge is 2.19. The predicted octanol–water partition coefficient (Wildman–Crippen LogP) is 2.02. The Morgan fingerprint density at radius 3 is 2.52 bits per heavy atom. The van der Waals surface area contributed by atoms with E-state index in [4.69, 9.17) is 5.11 Å². The summed E-state index contributed by atoms with van der Waals surface area (Å²) in [7, 11) is 0. The average Bonchev–Trinajstić information content (AvgIpc) is 2.90. The number of imidazole rings is 1. The molecule has 0 fully saturated rings. The van der Waals surface area contributed by atoms with Crippen LogP contribution >= 0.6 is 0 Å². The number of hydrogen-bond acceptors (Lipinski definition) is 4. The number of aromatic nitrogens is 3. The first-order valence-corrected chi connectivity index (χ1v) is 5.98. The van der Waals surface area contributed by atoms with Gasteiger partial charge >= 0.3 is 11.9 Å². The van der Waals surface area contributed by atoms with Gasteiger partial charge in [-0.25, -0.2) is 19.6 Å². The molecule has 21 heavy (non-hydrogen) atoms. The Morgan fingerprint density at radius 2 is 1.86 bits per heavy atom. The van der Waals surface area contributed by atoms with E-state index < -0.39 is 11.9 Å². The number of fused-ring (bicyclic) bond motifs is 1. The third kappa shape index (κ3) is 2.20. The van der Waals surface area contributed by atoms with Gasteiger partial charge in [-0.1, -0.05) is 12.1 Å². The van der Waals surface area contributed by atoms with Crippen molar-refractivity contribution >= 4 is 23.0 Å². The van der Waals surface area contributed by atoms with Crippen molar-refractivity contribution in [3.05, 3.63) is 47.8 Å². The quantitative estimate of drug-likeness (QED) is 0.677. The zero-order valence-corrected chi connectivity index (χ0v) is 10.6. The van der Waals surface area contributed by atoms with E-state index in [1.54, 1.807) is 18.2 Å². The minimum atomic E-state index is -1.25. The zero-order valence-electron chi connectivity index (χ0n) is 10.6. The number of benzene rings is 1. The highest BCUT2D eigenvalue weighted by molar-refractivity contribution is 5.97. The number of carbonyl (C=O) groups is 2. The summed E-state index contributed by atoms with van der Waals surface area (Å²) in [6, 6.07) is 8.42. The monoisotopic (exact) mass is 283 g/mol. The molecule has 0 amide bonds. The van der Waals surface area contributed by atoms with Gasteiger partial charge in [0, 0.05) is 6.20 Å². The molecule has 2 aromatic heterocycles. The summed E-state index contributed by atoms with van der Waals surface area (Å²) in [5.41, 5.74) is 1.17. The molecular weight excluding hydrogens is 274 g/mol. The van der Waals surface area contributed by atoms with Crippen molar-refractivity contribution in [3.8, 4) is 11.4 Å². The van der Waals surface area contributed by atoms with Crippen molar-refractivity contribution < 1.29 is 19.8 Å². The predicted molar refractivity (Wildman–Crippen MR) is 73.2 cm³/mol. The smallest absolute Gasteiger partial charge is 0.355 e. The SMILES string of the molecule is O=C(O)c1cnc(C(=O)O)c(-c2nc3ccccc3[nH]2)c1.